The third-order valence-corrected chi connectivity index (χ3v) is 7.37. The van der Waals surface area contributed by atoms with Gasteiger partial charge in [0.05, 0.1) is 23.7 Å². The van der Waals surface area contributed by atoms with E-state index < -0.39 is 5.41 Å². The van der Waals surface area contributed by atoms with Crippen LogP contribution in [-0.4, -0.2) is 46.6 Å². The molecule has 1 fully saturated rings. The molecule has 0 radical (unpaired) electrons. The number of carbonyl (C=O) groups excluding carboxylic acids is 1. The van der Waals surface area contributed by atoms with Crippen molar-refractivity contribution < 1.29 is 14.6 Å². The number of aliphatic hydroxyl groups is 1. The van der Waals surface area contributed by atoms with Crippen molar-refractivity contribution in [3.63, 3.8) is 0 Å². The Morgan fingerprint density at radius 1 is 1.32 bits per heavy atom. The number of hydrogen-bond acceptors (Lipinski definition) is 6. The van der Waals surface area contributed by atoms with Crippen molar-refractivity contribution in [2.75, 3.05) is 30.8 Å². The molecule has 1 saturated heterocycles. The third kappa shape index (κ3) is 6.23. The van der Waals surface area contributed by atoms with Crippen molar-refractivity contribution in [2.45, 2.75) is 26.1 Å². The molecule has 1 unspecified atom stereocenters. The molecule has 0 aliphatic carbocycles. The highest BCUT2D eigenvalue weighted by molar-refractivity contribution is 7.99. The summed E-state index contributed by atoms with van der Waals surface area (Å²) in [4.78, 5) is 16.2. The van der Waals surface area contributed by atoms with Crippen LogP contribution >= 0.6 is 35.3 Å². The Labute approximate surface area is 197 Å². The number of nitrogens with one attached hydrogen (secondary N) is 1. The highest BCUT2D eigenvalue weighted by Crippen LogP contribution is 2.41. The van der Waals surface area contributed by atoms with E-state index in [0.717, 1.165) is 22.9 Å². The summed E-state index contributed by atoms with van der Waals surface area (Å²) in [5.74, 6) is 6.98. The summed E-state index contributed by atoms with van der Waals surface area (Å²) >= 11 is 9.20. The first-order valence-corrected chi connectivity index (χ1v) is 12.3. The number of carbonyl (C=O) groups is 1. The maximum Gasteiger partial charge on any atom is 0.338 e. The average Bonchev–Trinajstić information content (AvgIpc) is 3.42. The normalized spacial score (nSPS) is 15.9. The van der Waals surface area contributed by atoms with Gasteiger partial charge < -0.3 is 20.1 Å². The predicted octanol–water partition coefficient (Wildman–Crippen LogP) is 4.74. The first-order chi connectivity index (χ1) is 14.8. The molecule has 1 atom stereocenters. The van der Waals surface area contributed by atoms with E-state index in [4.69, 9.17) is 17.0 Å². The zero-order valence-corrected chi connectivity index (χ0v) is 20.3. The number of thiocarbonyl (C=S) groups is 1. The van der Waals surface area contributed by atoms with Crippen LogP contribution in [0, 0.1) is 17.3 Å². The molecule has 1 aromatic carbocycles. The van der Waals surface area contributed by atoms with Crippen LogP contribution in [0.1, 0.15) is 46.3 Å². The number of benzene rings is 1. The van der Waals surface area contributed by atoms with Crippen LogP contribution in [0.15, 0.2) is 36.4 Å². The van der Waals surface area contributed by atoms with Crippen LogP contribution in [-0.2, 0) is 4.74 Å². The number of anilines is 1. The van der Waals surface area contributed by atoms with E-state index in [1.807, 2.05) is 43.8 Å². The van der Waals surface area contributed by atoms with Gasteiger partial charge in [0.15, 0.2) is 5.11 Å². The summed E-state index contributed by atoms with van der Waals surface area (Å²) in [5, 5.41) is 13.5. The third-order valence-electron chi connectivity index (χ3n) is 4.59. The van der Waals surface area contributed by atoms with Gasteiger partial charge in [-0.3, -0.25) is 0 Å². The van der Waals surface area contributed by atoms with Crippen molar-refractivity contribution in [1.29, 1.82) is 0 Å². The Morgan fingerprint density at radius 2 is 2.06 bits per heavy atom. The number of hydrogen-bond donors (Lipinski definition) is 2. The largest absolute Gasteiger partial charge is 0.462 e. The quantitative estimate of drug-likeness (QED) is 0.369. The van der Waals surface area contributed by atoms with Crippen molar-refractivity contribution in [3.8, 4) is 11.8 Å². The molecule has 2 aromatic rings. The van der Waals surface area contributed by atoms with Crippen LogP contribution in [0.25, 0.3) is 0 Å². The standard InChI is InChI=1S/C23H26N2O3S3/c1-4-28-21(27)16-5-7-17(8-6-16)24-22(29)25-13-14-30-20(25)19-10-9-18(31-19)11-12-23(2,3)15-26/h5-10,20,26H,4,13-15H2,1-3H3,(H,24,29). The first kappa shape index (κ1) is 23.6. The van der Waals surface area contributed by atoms with Gasteiger partial charge in [-0.25, -0.2) is 4.79 Å². The number of esters is 1. The monoisotopic (exact) mass is 474 g/mol. The minimum atomic E-state index is -0.410. The van der Waals surface area contributed by atoms with Crippen molar-refractivity contribution >= 4 is 52.1 Å². The fourth-order valence-corrected chi connectivity index (χ4v) is 5.58. The van der Waals surface area contributed by atoms with E-state index >= 15 is 0 Å². The average molecular weight is 475 g/mol. The fraction of sp³-hybridized carbons (Fsp3) is 0.391. The zero-order valence-electron chi connectivity index (χ0n) is 17.8. The number of aliphatic hydroxyl groups excluding tert-OH is 1. The Morgan fingerprint density at radius 3 is 2.74 bits per heavy atom. The number of ether oxygens (including phenoxy) is 1. The Kier molecular flexibility index (Phi) is 8.00. The van der Waals surface area contributed by atoms with E-state index in [0.29, 0.717) is 17.3 Å². The summed E-state index contributed by atoms with van der Waals surface area (Å²) in [6.45, 7) is 6.88. The molecule has 5 nitrogen and oxygen atoms in total. The lowest BCUT2D eigenvalue weighted by atomic mass is 9.96. The molecule has 164 valence electrons. The van der Waals surface area contributed by atoms with Gasteiger partial charge in [0, 0.05) is 28.3 Å². The first-order valence-electron chi connectivity index (χ1n) is 10.0. The lowest BCUT2D eigenvalue weighted by molar-refractivity contribution is 0.0526. The topological polar surface area (TPSA) is 61.8 Å². The highest BCUT2D eigenvalue weighted by Gasteiger charge is 2.30. The van der Waals surface area contributed by atoms with Gasteiger partial charge in [0.1, 0.15) is 5.37 Å². The summed E-state index contributed by atoms with van der Waals surface area (Å²) in [5.41, 5.74) is 0.939. The van der Waals surface area contributed by atoms with Crippen LogP contribution < -0.4 is 5.32 Å². The lowest BCUT2D eigenvalue weighted by Crippen LogP contribution is -2.33. The fourth-order valence-electron chi connectivity index (χ4n) is 2.84. The number of rotatable bonds is 5. The Balaban J connectivity index is 1.66. The van der Waals surface area contributed by atoms with Crippen LogP contribution in [0.5, 0.6) is 0 Å². The van der Waals surface area contributed by atoms with Gasteiger partial charge in [-0.1, -0.05) is 11.8 Å². The second kappa shape index (κ2) is 10.5. The zero-order chi connectivity index (χ0) is 22.4. The van der Waals surface area contributed by atoms with E-state index in [-0.39, 0.29) is 18.0 Å². The molecule has 8 heteroatoms. The van der Waals surface area contributed by atoms with Gasteiger partial charge in [-0.15, -0.1) is 23.1 Å². The molecular formula is C23H26N2O3S3. The van der Waals surface area contributed by atoms with Gasteiger partial charge in [0.2, 0.25) is 0 Å². The lowest BCUT2D eigenvalue weighted by Gasteiger charge is -2.26. The minimum Gasteiger partial charge on any atom is -0.462 e. The molecule has 0 bridgehead atoms. The molecule has 2 N–H and O–H groups in total. The Hall–Kier alpha value is -2.05. The summed E-state index contributed by atoms with van der Waals surface area (Å²) in [7, 11) is 0. The molecule has 31 heavy (non-hydrogen) atoms. The smallest absolute Gasteiger partial charge is 0.338 e. The molecule has 0 spiro atoms. The minimum absolute atomic E-state index is 0.0329. The van der Waals surface area contributed by atoms with Crippen molar-refractivity contribution in [3.05, 3.63) is 51.7 Å². The summed E-state index contributed by atoms with van der Waals surface area (Å²) in [6, 6.07) is 11.3. The van der Waals surface area contributed by atoms with E-state index in [9.17, 15) is 9.90 Å². The van der Waals surface area contributed by atoms with Crippen LogP contribution in [0.2, 0.25) is 0 Å². The van der Waals surface area contributed by atoms with Crippen LogP contribution in [0.3, 0.4) is 0 Å². The second-order valence-electron chi connectivity index (χ2n) is 7.64. The number of thiophene rings is 1. The Bertz CT molecular complexity index is 989. The molecule has 0 saturated carbocycles. The molecule has 0 amide bonds. The van der Waals surface area contributed by atoms with Gasteiger partial charge in [0.25, 0.3) is 0 Å². The second-order valence-corrected chi connectivity index (χ2v) is 10.3. The van der Waals surface area contributed by atoms with Crippen molar-refractivity contribution in [1.82, 2.24) is 4.90 Å². The summed E-state index contributed by atoms with van der Waals surface area (Å²) in [6.07, 6.45) is 0. The van der Waals surface area contributed by atoms with Crippen LogP contribution in [0.4, 0.5) is 5.69 Å². The maximum atomic E-state index is 11.8. The number of thioether (sulfide) groups is 1. The van der Waals surface area contributed by atoms with E-state index in [1.165, 1.54) is 4.88 Å². The molecule has 3 rings (SSSR count). The van der Waals surface area contributed by atoms with Gasteiger partial charge >= 0.3 is 5.97 Å². The van der Waals surface area contributed by atoms with Crippen molar-refractivity contribution in [2.24, 2.45) is 5.41 Å². The molecule has 1 aliphatic heterocycles. The maximum absolute atomic E-state index is 11.8. The molecule has 1 aliphatic rings. The van der Waals surface area contributed by atoms with E-state index in [2.05, 4.69) is 28.1 Å². The molecule has 2 heterocycles. The van der Waals surface area contributed by atoms with Gasteiger partial charge in [-0.05, 0) is 69.4 Å². The van der Waals surface area contributed by atoms with Gasteiger partial charge in [-0.2, -0.15) is 0 Å². The van der Waals surface area contributed by atoms with E-state index in [1.54, 1.807) is 30.4 Å². The highest BCUT2D eigenvalue weighted by atomic mass is 32.2. The molecule has 1 aromatic heterocycles. The SMILES string of the molecule is CCOC(=O)c1ccc(NC(=S)N2CCSC2c2ccc(C#CC(C)(C)CO)s2)cc1. The number of nitrogens with zero attached hydrogens (tertiary/aromatic N) is 1. The molecular weight excluding hydrogens is 448 g/mol. The summed E-state index contributed by atoms with van der Waals surface area (Å²) < 4.78 is 5.02. The predicted molar refractivity (Wildman–Crippen MR) is 133 cm³/mol.